The second kappa shape index (κ2) is 6.45. The van der Waals surface area contributed by atoms with Gasteiger partial charge in [-0.15, -0.1) is 0 Å². The Morgan fingerprint density at radius 2 is 2.17 bits per heavy atom. The summed E-state index contributed by atoms with van der Waals surface area (Å²) in [5.41, 5.74) is 5.42. The van der Waals surface area contributed by atoms with E-state index in [4.69, 9.17) is 4.74 Å². The summed E-state index contributed by atoms with van der Waals surface area (Å²) < 4.78 is 21.7. The van der Waals surface area contributed by atoms with E-state index in [-0.39, 0.29) is 11.7 Å². The van der Waals surface area contributed by atoms with Crippen LogP contribution in [0.2, 0.25) is 0 Å². The summed E-state index contributed by atoms with van der Waals surface area (Å²) in [5, 5.41) is 15.2. The minimum absolute atomic E-state index is 0.102. The molecule has 29 heavy (non-hydrogen) atoms. The zero-order chi connectivity index (χ0) is 20.1. The van der Waals surface area contributed by atoms with Gasteiger partial charge < -0.3 is 9.72 Å². The Labute approximate surface area is 166 Å². The number of hydrogen-bond donors (Lipinski definition) is 1. The highest BCUT2D eigenvalue weighted by molar-refractivity contribution is 5.87. The molecular weight excluding hydrogens is 369 g/mol. The van der Waals surface area contributed by atoms with Crippen LogP contribution in [0.1, 0.15) is 35.4 Å². The zero-order valence-corrected chi connectivity index (χ0v) is 16.0. The SMILES string of the molecule is CC1c2cc(F)ccc2OCCc2nn(C)c(C#N)c2-c2cnc3[nH]cc1c3c2. The molecule has 1 aliphatic rings. The number of ether oxygens (including phenoxy) is 1. The highest BCUT2D eigenvalue weighted by Gasteiger charge is 2.23. The van der Waals surface area contributed by atoms with Gasteiger partial charge in [0, 0.05) is 53.9 Å². The number of aromatic amines is 1. The van der Waals surface area contributed by atoms with Gasteiger partial charge in [0.2, 0.25) is 0 Å². The van der Waals surface area contributed by atoms with Crippen LogP contribution in [-0.4, -0.2) is 26.4 Å². The molecule has 144 valence electrons. The number of hydrogen-bond acceptors (Lipinski definition) is 4. The molecular formula is C22H18FN5O. The van der Waals surface area contributed by atoms with Crippen LogP contribution < -0.4 is 4.74 Å². The molecule has 1 aromatic carbocycles. The molecule has 0 saturated carbocycles. The van der Waals surface area contributed by atoms with E-state index in [9.17, 15) is 9.65 Å². The van der Waals surface area contributed by atoms with E-state index in [1.54, 1.807) is 24.0 Å². The van der Waals surface area contributed by atoms with Gasteiger partial charge in [0.15, 0.2) is 0 Å². The highest BCUT2D eigenvalue weighted by Crippen LogP contribution is 2.38. The fourth-order valence-electron chi connectivity index (χ4n) is 4.12. The first-order valence-electron chi connectivity index (χ1n) is 9.42. The molecule has 1 aliphatic heterocycles. The number of H-pyrrole nitrogens is 1. The number of pyridine rings is 1. The first-order valence-corrected chi connectivity index (χ1v) is 9.42. The second-order valence-electron chi connectivity index (χ2n) is 7.27. The largest absolute Gasteiger partial charge is 0.493 e. The van der Waals surface area contributed by atoms with Gasteiger partial charge in [0.05, 0.1) is 12.3 Å². The maximum absolute atomic E-state index is 14.0. The van der Waals surface area contributed by atoms with Gasteiger partial charge in [-0.3, -0.25) is 4.68 Å². The van der Waals surface area contributed by atoms with Crippen molar-refractivity contribution in [3.63, 3.8) is 0 Å². The van der Waals surface area contributed by atoms with Crippen molar-refractivity contribution in [2.45, 2.75) is 19.3 Å². The minimum Gasteiger partial charge on any atom is -0.493 e. The predicted octanol–water partition coefficient (Wildman–Crippen LogP) is 4.06. The Morgan fingerprint density at radius 3 is 3.00 bits per heavy atom. The van der Waals surface area contributed by atoms with E-state index in [0.29, 0.717) is 24.5 Å². The van der Waals surface area contributed by atoms with Gasteiger partial charge in [0.25, 0.3) is 0 Å². The smallest absolute Gasteiger partial charge is 0.146 e. The molecule has 3 aromatic heterocycles. The molecule has 1 unspecified atom stereocenters. The number of nitrogens with zero attached hydrogens (tertiary/aromatic N) is 4. The van der Waals surface area contributed by atoms with Crippen molar-refractivity contribution >= 4 is 11.0 Å². The molecule has 0 radical (unpaired) electrons. The fourth-order valence-corrected chi connectivity index (χ4v) is 4.12. The lowest BCUT2D eigenvalue weighted by Gasteiger charge is -2.18. The van der Waals surface area contributed by atoms with E-state index in [0.717, 1.165) is 39.0 Å². The van der Waals surface area contributed by atoms with E-state index in [1.807, 2.05) is 19.2 Å². The van der Waals surface area contributed by atoms with Crippen molar-refractivity contribution in [1.82, 2.24) is 19.7 Å². The van der Waals surface area contributed by atoms with Crippen LogP contribution in [0.3, 0.4) is 0 Å². The molecule has 6 nitrogen and oxygen atoms in total. The lowest BCUT2D eigenvalue weighted by molar-refractivity contribution is 0.315. The summed E-state index contributed by atoms with van der Waals surface area (Å²) in [7, 11) is 1.76. The minimum atomic E-state index is -0.296. The average Bonchev–Trinajstić information content (AvgIpc) is 3.27. The number of aryl methyl sites for hydroxylation is 1. The van der Waals surface area contributed by atoms with Crippen LogP contribution in [0.5, 0.6) is 5.75 Å². The Hall–Kier alpha value is -3.66. The van der Waals surface area contributed by atoms with Crippen LogP contribution in [0.25, 0.3) is 22.2 Å². The van der Waals surface area contributed by atoms with Crippen LogP contribution in [0.15, 0.2) is 36.7 Å². The lowest BCUT2D eigenvalue weighted by Crippen LogP contribution is -2.07. The van der Waals surface area contributed by atoms with Gasteiger partial charge >= 0.3 is 0 Å². The molecule has 4 heterocycles. The Bertz CT molecular complexity index is 1300. The lowest BCUT2D eigenvalue weighted by atomic mass is 9.91. The summed E-state index contributed by atoms with van der Waals surface area (Å²) in [6.07, 6.45) is 4.19. The number of nitrogens with one attached hydrogen (secondary N) is 1. The molecule has 2 bridgehead atoms. The van der Waals surface area contributed by atoms with Crippen LogP contribution in [0, 0.1) is 17.1 Å². The molecule has 0 spiro atoms. The molecule has 1 atom stereocenters. The summed E-state index contributed by atoms with van der Waals surface area (Å²) in [4.78, 5) is 7.77. The first-order chi connectivity index (χ1) is 14.1. The van der Waals surface area contributed by atoms with Crippen molar-refractivity contribution in [3.8, 4) is 22.9 Å². The molecule has 0 amide bonds. The van der Waals surface area contributed by atoms with Crippen LogP contribution >= 0.6 is 0 Å². The Balaban J connectivity index is 1.80. The van der Waals surface area contributed by atoms with E-state index in [1.165, 1.54) is 12.1 Å². The van der Waals surface area contributed by atoms with Crippen molar-refractivity contribution in [1.29, 1.82) is 5.26 Å². The standard InChI is InChI=1S/C22H18FN5O/c1-12-15-8-14(23)3-4-20(15)29-6-5-18-21(19(9-24)28(2)27-18)13-7-16-17(12)11-26-22(16)25-10-13/h3-4,7-8,10-12H,5-6H2,1-2H3,(H,25,26). The zero-order valence-electron chi connectivity index (χ0n) is 16.0. The van der Waals surface area contributed by atoms with Gasteiger partial charge in [-0.25, -0.2) is 9.37 Å². The number of benzene rings is 1. The van der Waals surface area contributed by atoms with Crippen LogP contribution in [0.4, 0.5) is 4.39 Å². The summed E-state index contributed by atoms with van der Waals surface area (Å²) in [5.74, 6) is 0.251. The predicted molar refractivity (Wildman–Crippen MR) is 106 cm³/mol. The summed E-state index contributed by atoms with van der Waals surface area (Å²) in [6, 6.07) is 8.90. The average molecular weight is 387 g/mol. The van der Waals surface area contributed by atoms with Gasteiger partial charge in [-0.05, 0) is 29.8 Å². The van der Waals surface area contributed by atoms with E-state index < -0.39 is 0 Å². The van der Waals surface area contributed by atoms with Crippen molar-refractivity contribution < 1.29 is 9.13 Å². The Kier molecular flexibility index (Phi) is 3.88. The van der Waals surface area contributed by atoms with Gasteiger partial charge in [0.1, 0.15) is 29.0 Å². The Morgan fingerprint density at radius 1 is 1.31 bits per heavy atom. The topological polar surface area (TPSA) is 79.5 Å². The van der Waals surface area contributed by atoms with Gasteiger partial charge in [-0.2, -0.15) is 10.4 Å². The summed E-state index contributed by atoms with van der Waals surface area (Å²) in [6.45, 7) is 2.40. The molecule has 7 heteroatoms. The normalized spacial score (nSPS) is 15.7. The van der Waals surface area contributed by atoms with Gasteiger partial charge in [-0.1, -0.05) is 6.92 Å². The number of fused-ring (bicyclic) bond motifs is 4. The number of aromatic nitrogens is 4. The third-order valence-electron chi connectivity index (χ3n) is 5.58. The van der Waals surface area contributed by atoms with E-state index >= 15 is 0 Å². The molecule has 0 aliphatic carbocycles. The molecule has 1 N–H and O–H groups in total. The molecule has 0 saturated heterocycles. The molecule has 5 rings (SSSR count). The van der Waals surface area contributed by atoms with Crippen LogP contribution in [-0.2, 0) is 13.5 Å². The van der Waals surface area contributed by atoms with Crippen molar-refractivity contribution in [3.05, 3.63) is 65.0 Å². The number of rotatable bonds is 0. The van der Waals surface area contributed by atoms with Crippen molar-refractivity contribution in [2.24, 2.45) is 7.05 Å². The summed E-state index contributed by atoms with van der Waals surface area (Å²) >= 11 is 0. The maximum atomic E-state index is 14.0. The number of nitriles is 1. The molecule has 4 aromatic rings. The third kappa shape index (κ3) is 2.68. The molecule has 0 fully saturated rings. The van der Waals surface area contributed by atoms with E-state index in [2.05, 4.69) is 21.1 Å². The monoisotopic (exact) mass is 387 g/mol. The second-order valence-corrected chi connectivity index (χ2v) is 7.27. The fraction of sp³-hybridized carbons (Fsp3) is 0.227. The maximum Gasteiger partial charge on any atom is 0.146 e. The first kappa shape index (κ1) is 17.4. The highest BCUT2D eigenvalue weighted by atomic mass is 19.1. The number of halogens is 1. The third-order valence-corrected chi connectivity index (χ3v) is 5.58. The van der Waals surface area contributed by atoms with Crippen molar-refractivity contribution in [2.75, 3.05) is 6.61 Å². The quantitative estimate of drug-likeness (QED) is 0.493.